The van der Waals surface area contributed by atoms with Gasteiger partial charge in [0.1, 0.15) is 18.0 Å². The third-order valence-electron chi connectivity index (χ3n) is 4.47. The van der Waals surface area contributed by atoms with Gasteiger partial charge in [-0.05, 0) is 24.3 Å². The zero-order chi connectivity index (χ0) is 19.7. The van der Waals surface area contributed by atoms with Crippen LogP contribution in [0, 0.1) is 5.82 Å². The Morgan fingerprint density at radius 2 is 1.79 bits per heavy atom. The van der Waals surface area contributed by atoms with Crippen LogP contribution in [0.4, 0.5) is 10.2 Å². The predicted molar refractivity (Wildman–Crippen MR) is 102 cm³/mol. The lowest BCUT2D eigenvalue weighted by molar-refractivity contribution is 0.383. The molecular formula is C17H16ClFN6O2S. The van der Waals surface area contributed by atoms with Gasteiger partial charge in [-0.2, -0.15) is 9.40 Å². The van der Waals surface area contributed by atoms with Crippen molar-refractivity contribution in [2.75, 3.05) is 31.1 Å². The maximum atomic E-state index is 13.3. The van der Waals surface area contributed by atoms with Crippen LogP contribution in [0.5, 0.6) is 0 Å². The monoisotopic (exact) mass is 422 g/mol. The van der Waals surface area contributed by atoms with E-state index in [2.05, 4.69) is 15.1 Å². The first-order valence-electron chi connectivity index (χ1n) is 8.47. The second kappa shape index (κ2) is 7.46. The average molecular weight is 423 g/mol. The van der Waals surface area contributed by atoms with Crippen LogP contribution in [-0.4, -0.2) is 58.7 Å². The number of hydrogen-bond acceptors (Lipinski definition) is 6. The Balaban J connectivity index is 1.49. The minimum Gasteiger partial charge on any atom is -0.354 e. The Kier molecular flexibility index (Phi) is 5.00. The van der Waals surface area contributed by atoms with E-state index in [1.807, 2.05) is 4.90 Å². The first-order valence-corrected chi connectivity index (χ1v) is 10.3. The summed E-state index contributed by atoms with van der Waals surface area (Å²) < 4.78 is 41.9. The maximum Gasteiger partial charge on any atom is 0.243 e. The van der Waals surface area contributed by atoms with Gasteiger partial charge in [0.25, 0.3) is 0 Å². The number of nitrogens with zero attached hydrogens (tertiary/aromatic N) is 6. The summed E-state index contributed by atoms with van der Waals surface area (Å²) in [5.74, 6) is 0.676. The van der Waals surface area contributed by atoms with E-state index in [4.69, 9.17) is 11.6 Å². The summed E-state index contributed by atoms with van der Waals surface area (Å²) in [6.45, 7) is 1.48. The van der Waals surface area contributed by atoms with Crippen molar-refractivity contribution in [1.82, 2.24) is 24.1 Å². The Hall–Kier alpha value is -2.56. The molecule has 0 aliphatic carbocycles. The van der Waals surface area contributed by atoms with Crippen LogP contribution in [0.1, 0.15) is 0 Å². The van der Waals surface area contributed by atoms with Gasteiger partial charge in [-0.25, -0.2) is 27.5 Å². The number of benzene rings is 1. The molecule has 3 aromatic rings. The van der Waals surface area contributed by atoms with Crippen molar-refractivity contribution in [3.05, 3.63) is 59.9 Å². The number of sulfonamides is 1. The number of rotatable bonds is 4. The van der Waals surface area contributed by atoms with Gasteiger partial charge < -0.3 is 4.90 Å². The van der Waals surface area contributed by atoms with Crippen molar-refractivity contribution in [2.24, 2.45) is 0 Å². The van der Waals surface area contributed by atoms with Gasteiger partial charge in [0.2, 0.25) is 10.0 Å². The highest BCUT2D eigenvalue weighted by Crippen LogP contribution is 2.24. The first-order chi connectivity index (χ1) is 13.4. The van der Waals surface area contributed by atoms with Gasteiger partial charge in [0.15, 0.2) is 5.82 Å². The number of anilines is 1. The first kappa shape index (κ1) is 18.8. The van der Waals surface area contributed by atoms with Crippen LogP contribution >= 0.6 is 11.6 Å². The van der Waals surface area contributed by atoms with E-state index in [1.165, 1.54) is 16.7 Å². The van der Waals surface area contributed by atoms with Crippen LogP contribution in [0.3, 0.4) is 0 Å². The Morgan fingerprint density at radius 3 is 2.46 bits per heavy atom. The molecule has 0 bridgehead atoms. The minimum absolute atomic E-state index is 0.0182. The van der Waals surface area contributed by atoms with Crippen molar-refractivity contribution in [3.8, 4) is 5.82 Å². The molecule has 1 aromatic carbocycles. The van der Waals surface area contributed by atoms with Crippen molar-refractivity contribution in [3.63, 3.8) is 0 Å². The molecule has 0 spiro atoms. The SMILES string of the molecule is O=S(=O)(c1ccc(F)c(Cl)c1)N1CCN(c2cc(-n3cccn3)ncn2)CC1. The molecule has 2 aromatic heterocycles. The molecule has 28 heavy (non-hydrogen) atoms. The predicted octanol–water partition coefficient (Wildman–Crippen LogP) is 1.97. The topological polar surface area (TPSA) is 84.2 Å². The summed E-state index contributed by atoms with van der Waals surface area (Å²) in [6, 6.07) is 7.02. The van der Waals surface area contributed by atoms with Crippen LogP contribution < -0.4 is 4.90 Å². The van der Waals surface area contributed by atoms with E-state index >= 15 is 0 Å². The number of halogens is 2. The third kappa shape index (κ3) is 3.58. The zero-order valence-corrected chi connectivity index (χ0v) is 16.2. The largest absolute Gasteiger partial charge is 0.354 e. The molecule has 3 heterocycles. The molecule has 11 heteroatoms. The highest BCUT2D eigenvalue weighted by Gasteiger charge is 2.29. The molecule has 0 amide bonds. The molecule has 146 valence electrons. The third-order valence-corrected chi connectivity index (χ3v) is 6.65. The molecule has 1 fully saturated rings. The van der Waals surface area contributed by atoms with Crippen LogP contribution in [-0.2, 0) is 10.0 Å². The van der Waals surface area contributed by atoms with Crippen LogP contribution in [0.15, 0.2) is 53.9 Å². The second-order valence-corrected chi connectivity index (χ2v) is 8.50. The summed E-state index contributed by atoms with van der Waals surface area (Å²) >= 11 is 5.73. The lowest BCUT2D eigenvalue weighted by atomic mass is 10.3. The summed E-state index contributed by atoms with van der Waals surface area (Å²) in [7, 11) is -3.74. The molecule has 0 atom stereocenters. The smallest absolute Gasteiger partial charge is 0.243 e. The summed E-state index contributed by atoms with van der Waals surface area (Å²) in [5, 5.41) is 3.93. The average Bonchev–Trinajstić information content (AvgIpc) is 3.25. The van der Waals surface area contributed by atoms with E-state index in [-0.39, 0.29) is 23.0 Å². The van der Waals surface area contributed by atoms with Crippen molar-refractivity contribution >= 4 is 27.4 Å². The molecule has 4 rings (SSSR count). The maximum absolute atomic E-state index is 13.3. The van der Waals surface area contributed by atoms with E-state index in [0.29, 0.717) is 24.7 Å². The normalized spacial score (nSPS) is 15.7. The molecule has 8 nitrogen and oxygen atoms in total. The summed E-state index contributed by atoms with van der Waals surface area (Å²) in [5.41, 5.74) is 0. The highest BCUT2D eigenvalue weighted by molar-refractivity contribution is 7.89. The zero-order valence-electron chi connectivity index (χ0n) is 14.6. The minimum atomic E-state index is -3.74. The van der Waals surface area contributed by atoms with Gasteiger partial charge in [-0.3, -0.25) is 0 Å². The second-order valence-electron chi connectivity index (χ2n) is 6.15. The van der Waals surface area contributed by atoms with Gasteiger partial charge >= 0.3 is 0 Å². The van der Waals surface area contributed by atoms with Crippen molar-refractivity contribution < 1.29 is 12.8 Å². The van der Waals surface area contributed by atoms with Gasteiger partial charge in [-0.1, -0.05) is 11.6 Å². The van der Waals surface area contributed by atoms with Gasteiger partial charge in [-0.15, -0.1) is 0 Å². The number of hydrogen-bond donors (Lipinski definition) is 0. The van der Waals surface area contributed by atoms with Gasteiger partial charge in [0.05, 0.1) is 9.92 Å². The fourth-order valence-electron chi connectivity index (χ4n) is 2.98. The lowest BCUT2D eigenvalue weighted by Crippen LogP contribution is -2.49. The number of piperazine rings is 1. The van der Waals surface area contributed by atoms with E-state index in [9.17, 15) is 12.8 Å². The lowest BCUT2D eigenvalue weighted by Gasteiger charge is -2.34. The molecule has 1 saturated heterocycles. The van der Waals surface area contributed by atoms with Crippen molar-refractivity contribution in [2.45, 2.75) is 4.90 Å². The molecule has 0 radical (unpaired) electrons. The fourth-order valence-corrected chi connectivity index (χ4v) is 4.68. The Labute approximate surface area is 166 Å². The molecular weight excluding hydrogens is 407 g/mol. The Bertz CT molecular complexity index is 1080. The number of aromatic nitrogens is 4. The van der Waals surface area contributed by atoms with Crippen LogP contribution in [0.25, 0.3) is 5.82 Å². The van der Waals surface area contributed by atoms with E-state index < -0.39 is 15.8 Å². The van der Waals surface area contributed by atoms with Crippen LogP contribution in [0.2, 0.25) is 5.02 Å². The molecule has 0 N–H and O–H groups in total. The molecule has 0 unspecified atom stereocenters. The summed E-state index contributed by atoms with van der Waals surface area (Å²) in [4.78, 5) is 10.5. The Morgan fingerprint density at radius 1 is 1.04 bits per heavy atom. The molecule has 1 aliphatic rings. The van der Waals surface area contributed by atoms with E-state index in [1.54, 1.807) is 29.2 Å². The fraction of sp³-hybridized carbons (Fsp3) is 0.235. The molecule has 0 saturated carbocycles. The standard InChI is InChI=1S/C17H16ClFN6O2S/c18-14-10-13(2-3-15(14)19)28(26,27)24-8-6-23(7-9-24)16-11-17(21-12-20-16)25-5-1-4-22-25/h1-5,10-12H,6-9H2. The summed E-state index contributed by atoms with van der Waals surface area (Å²) in [6.07, 6.45) is 4.90. The van der Waals surface area contributed by atoms with E-state index in [0.717, 1.165) is 12.1 Å². The highest BCUT2D eigenvalue weighted by atomic mass is 35.5. The van der Waals surface area contributed by atoms with Gasteiger partial charge in [0, 0.05) is 44.6 Å². The van der Waals surface area contributed by atoms with Crippen molar-refractivity contribution in [1.29, 1.82) is 0 Å². The molecule has 1 aliphatic heterocycles. The quantitative estimate of drug-likeness (QED) is 0.639.